The zero-order valence-electron chi connectivity index (χ0n) is 11.3. The topological polar surface area (TPSA) is 64.4 Å². The number of imide groups is 1. The average Bonchev–Trinajstić information content (AvgIpc) is 2.57. The summed E-state index contributed by atoms with van der Waals surface area (Å²) in [4.78, 5) is 25.7. The van der Waals surface area contributed by atoms with Crippen molar-refractivity contribution in [3.8, 4) is 0 Å². The summed E-state index contributed by atoms with van der Waals surface area (Å²) in [6.45, 7) is 7.62. The zero-order chi connectivity index (χ0) is 14.4. The van der Waals surface area contributed by atoms with Crippen molar-refractivity contribution in [2.24, 2.45) is 0 Å². The number of rotatable bonds is 0. The van der Waals surface area contributed by atoms with E-state index in [0.717, 1.165) is 3.57 Å². The number of amides is 2. The monoisotopic (exact) mass is 377 g/mol. The zero-order valence-corrected chi connectivity index (χ0v) is 13.5. The van der Waals surface area contributed by atoms with E-state index in [2.05, 4.69) is 5.10 Å². The highest BCUT2D eigenvalue weighted by Gasteiger charge is 2.38. The summed E-state index contributed by atoms with van der Waals surface area (Å²) >= 11 is 2.04. The van der Waals surface area contributed by atoms with Gasteiger partial charge in [-0.15, -0.1) is 0 Å². The Morgan fingerprint density at radius 3 is 2.74 bits per heavy atom. The Balaban J connectivity index is 2.30. The first kappa shape index (κ1) is 14.3. The molecule has 7 heteroatoms. The van der Waals surface area contributed by atoms with Gasteiger partial charge in [-0.1, -0.05) is 0 Å². The Kier molecular flexibility index (Phi) is 3.59. The first-order valence-electron chi connectivity index (χ1n) is 5.98. The van der Waals surface area contributed by atoms with Crippen LogP contribution in [0.4, 0.5) is 4.79 Å². The molecule has 0 bridgehead atoms. The van der Waals surface area contributed by atoms with Gasteiger partial charge in [-0.25, -0.2) is 9.69 Å². The van der Waals surface area contributed by atoms with Gasteiger partial charge < -0.3 is 4.74 Å². The maximum atomic E-state index is 12.4. The predicted molar refractivity (Wildman–Crippen MR) is 76.8 cm³/mol. The van der Waals surface area contributed by atoms with E-state index >= 15 is 0 Å². The molecule has 0 saturated heterocycles. The van der Waals surface area contributed by atoms with Gasteiger partial charge >= 0.3 is 6.09 Å². The lowest BCUT2D eigenvalue weighted by Crippen LogP contribution is -2.51. The molecule has 0 radical (unpaired) electrons. The number of carbonyl (C=O) groups excluding carboxylic acids is 2. The van der Waals surface area contributed by atoms with E-state index < -0.39 is 11.7 Å². The summed E-state index contributed by atoms with van der Waals surface area (Å²) in [5, 5.41) is 4.14. The second-order valence-corrected chi connectivity index (χ2v) is 6.69. The van der Waals surface area contributed by atoms with Crippen LogP contribution in [0.25, 0.3) is 0 Å². The van der Waals surface area contributed by atoms with Crippen molar-refractivity contribution >= 4 is 34.6 Å². The fourth-order valence-electron chi connectivity index (χ4n) is 1.93. The van der Waals surface area contributed by atoms with Gasteiger partial charge in [-0.3, -0.25) is 9.48 Å². The van der Waals surface area contributed by atoms with E-state index in [1.165, 1.54) is 4.90 Å². The van der Waals surface area contributed by atoms with E-state index in [-0.39, 0.29) is 11.9 Å². The normalized spacial score (nSPS) is 19.3. The SMILES string of the molecule is CC1Cn2ncc(I)c2C(=O)N1C(=O)OC(C)(C)C. The molecule has 2 heterocycles. The molecule has 0 spiro atoms. The Morgan fingerprint density at radius 1 is 1.53 bits per heavy atom. The van der Waals surface area contributed by atoms with E-state index in [1.54, 1.807) is 38.6 Å². The molecule has 0 fully saturated rings. The minimum atomic E-state index is -0.623. The maximum Gasteiger partial charge on any atom is 0.417 e. The molecule has 19 heavy (non-hydrogen) atoms. The van der Waals surface area contributed by atoms with Crippen LogP contribution >= 0.6 is 22.6 Å². The van der Waals surface area contributed by atoms with Crippen molar-refractivity contribution in [1.29, 1.82) is 0 Å². The first-order valence-corrected chi connectivity index (χ1v) is 7.06. The molecule has 1 aromatic rings. The van der Waals surface area contributed by atoms with Crippen LogP contribution in [0.1, 0.15) is 38.2 Å². The second kappa shape index (κ2) is 4.77. The van der Waals surface area contributed by atoms with Crippen LogP contribution < -0.4 is 0 Å². The number of fused-ring (bicyclic) bond motifs is 1. The highest BCUT2D eigenvalue weighted by atomic mass is 127. The minimum Gasteiger partial charge on any atom is -0.443 e. The van der Waals surface area contributed by atoms with Gasteiger partial charge in [0.1, 0.15) is 11.3 Å². The smallest absolute Gasteiger partial charge is 0.417 e. The number of ether oxygens (including phenoxy) is 1. The highest BCUT2D eigenvalue weighted by molar-refractivity contribution is 14.1. The van der Waals surface area contributed by atoms with Crippen molar-refractivity contribution in [2.45, 2.75) is 45.9 Å². The third-order valence-corrected chi connectivity index (χ3v) is 3.47. The molecule has 1 aliphatic heterocycles. The molecule has 0 N–H and O–H groups in total. The van der Waals surface area contributed by atoms with E-state index in [9.17, 15) is 9.59 Å². The van der Waals surface area contributed by atoms with Crippen molar-refractivity contribution in [1.82, 2.24) is 14.7 Å². The lowest BCUT2D eigenvalue weighted by Gasteiger charge is -2.33. The Labute approximate surface area is 125 Å². The molecular formula is C12H16IN3O3. The fourth-order valence-corrected chi connectivity index (χ4v) is 2.57. The quantitative estimate of drug-likeness (QED) is 0.651. The first-order chi connectivity index (χ1) is 8.70. The van der Waals surface area contributed by atoms with Gasteiger partial charge in [0.25, 0.3) is 5.91 Å². The van der Waals surface area contributed by atoms with Gasteiger partial charge in [0.05, 0.1) is 22.4 Å². The molecule has 104 valence electrons. The number of nitrogens with zero attached hydrogens (tertiary/aromatic N) is 3. The van der Waals surface area contributed by atoms with Gasteiger partial charge in [-0.2, -0.15) is 5.10 Å². The van der Waals surface area contributed by atoms with Crippen LogP contribution in [0, 0.1) is 3.57 Å². The lowest BCUT2D eigenvalue weighted by atomic mass is 10.2. The van der Waals surface area contributed by atoms with Crippen LogP contribution in [-0.4, -0.2) is 38.3 Å². The number of hydrogen-bond acceptors (Lipinski definition) is 4. The molecular weight excluding hydrogens is 361 g/mol. The molecule has 1 atom stereocenters. The summed E-state index contributed by atoms with van der Waals surface area (Å²) in [5.41, 5.74) is -0.174. The molecule has 0 aromatic carbocycles. The van der Waals surface area contributed by atoms with Crippen molar-refractivity contribution in [2.75, 3.05) is 0 Å². The van der Waals surface area contributed by atoms with Crippen LogP contribution in [0.5, 0.6) is 0 Å². The van der Waals surface area contributed by atoms with Crippen molar-refractivity contribution in [3.05, 3.63) is 15.5 Å². The number of carbonyl (C=O) groups is 2. The standard InChI is InChI=1S/C12H16IN3O3/c1-7-6-15-9(8(13)5-14-15)10(17)16(7)11(18)19-12(2,3)4/h5,7H,6H2,1-4H3. The third kappa shape index (κ3) is 2.75. The number of hydrogen-bond donors (Lipinski definition) is 0. The van der Waals surface area contributed by atoms with Gasteiger partial charge in [-0.05, 0) is 50.3 Å². The van der Waals surface area contributed by atoms with Gasteiger partial charge in [0.2, 0.25) is 0 Å². The van der Waals surface area contributed by atoms with Crippen LogP contribution in [0.3, 0.4) is 0 Å². The number of aromatic nitrogens is 2. The summed E-state index contributed by atoms with van der Waals surface area (Å²) < 4.78 is 7.66. The van der Waals surface area contributed by atoms with E-state index in [4.69, 9.17) is 4.74 Å². The Hall–Kier alpha value is -1.12. The second-order valence-electron chi connectivity index (χ2n) is 5.53. The molecule has 1 aliphatic rings. The fraction of sp³-hybridized carbons (Fsp3) is 0.583. The van der Waals surface area contributed by atoms with Crippen LogP contribution in [0.15, 0.2) is 6.20 Å². The van der Waals surface area contributed by atoms with Crippen molar-refractivity contribution in [3.63, 3.8) is 0 Å². The van der Waals surface area contributed by atoms with E-state index in [0.29, 0.717) is 12.2 Å². The lowest BCUT2D eigenvalue weighted by molar-refractivity contribution is 0.0129. The molecule has 6 nitrogen and oxygen atoms in total. The summed E-state index contributed by atoms with van der Waals surface area (Å²) in [5.74, 6) is -0.352. The van der Waals surface area contributed by atoms with Crippen LogP contribution in [-0.2, 0) is 11.3 Å². The molecule has 2 rings (SSSR count). The molecule has 0 saturated carbocycles. The predicted octanol–water partition coefficient (Wildman–Crippen LogP) is 2.27. The van der Waals surface area contributed by atoms with Gasteiger partial charge in [0.15, 0.2) is 0 Å². The molecule has 1 aromatic heterocycles. The third-order valence-electron chi connectivity index (χ3n) is 2.68. The maximum absolute atomic E-state index is 12.4. The minimum absolute atomic E-state index is 0.273. The largest absolute Gasteiger partial charge is 0.443 e. The average molecular weight is 377 g/mol. The van der Waals surface area contributed by atoms with Crippen LogP contribution in [0.2, 0.25) is 0 Å². The Bertz CT molecular complexity index is 533. The highest BCUT2D eigenvalue weighted by Crippen LogP contribution is 2.23. The Morgan fingerprint density at radius 2 is 2.16 bits per heavy atom. The summed E-state index contributed by atoms with van der Waals surface area (Å²) in [6.07, 6.45) is 1.02. The molecule has 1 unspecified atom stereocenters. The van der Waals surface area contributed by atoms with E-state index in [1.807, 2.05) is 22.6 Å². The summed E-state index contributed by atoms with van der Waals surface area (Å²) in [7, 11) is 0. The summed E-state index contributed by atoms with van der Waals surface area (Å²) in [6, 6.07) is -0.273. The van der Waals surface area contributed by atoms with Gasteiger partial charge in [0, 0.05) is 0 Å². The van der Waals surface area contributed by atoms with Crippen molar-refractivity contribution < 1.29 is 14.3 Å². The number of halogens is 1. The molecule has 2 amide bonds. The molecule has 0 aliphatic carbocycles.